The maximum Gasteiger partial charge on any atom is 0.336 e. The fraction of sp³-hybridized carbons (Fsp3) is 0.333. The number of nitrogens with zero attached hydrogens (tertiary/aromatic N) is 6. The summed E-state index contributed by atoms with van der Waals surface area (Å²) in [5.41, 5.74) is 9.48. The molecule has 0 saturated carbocycles. The molecule has 0 spiro atoms. The molecule has 13 nitrogen and oxygen atoms in total. The first-order valence-electron chi connectivity index (χ1n) is 16.7. The van der Waals surface area contributed by atoms with Crippen LogP contribution in [0.2, 0.25) is 0 Å². The molecule has 3 saturated heterocycles. The van der Waals surface area contributed by atoms with Crippen LogP contribution in [0.25, 0.3) is 17.1 Å². The molecule has 0 atom stereocenters. The topological polar surface area (TPSA) is 162 Å². The van der Waals surface area contributed by atoms with Crippen LogP contribution in [0.3, 0.4) is 0 Å². The minimum atomic E-state index is -1.23. The highest BCUT2D eigenvalue weighted by atomic mass is 16.5. The van der Waals surface area contributed by atoms with Crippen LogP contribution in [0.1, 0.15) is 39.6 Å². The van der Waals surface area contributed by atoms with Crippen molar-refractivity contribution in [3.8, 4) is 22.8 Å². The molecule has 5 N–H and O–H groups in total. The third kappa shape index (κ3) is 5.85. The summed E-state index contributed by atoms with van der Waals surface area (Å²) < 4.78 is 8.09. The van der Waals surface area contributed by atoms with Crippen molar-refractivity contribution in [2.45, 2.75) is 31.0 Å². The Morgan fingerprint density at radius 2 is 1.47 bits per heavy atom. The highest BCUT2D eigenvalue weighted by Crippen LogP contribution is 2.32. The molecule has 8 rings (SSSR count). The largest absolute Gasteiger partial charge is 0.478 e. The van der Waals surface area contributed by atoms with Crippen LogP contribution in [-0.4, -0.2) is 99.8 Å². The Hall–Kier alpha value is -5.40. The number of nitrogens with one attached hydrogen (secondary N) is 1. The molecule has 4 aliphatic heterocycles. The Labute approximate surface area is 282 Å². The number of hydrogen-bond donors (Lipinski definition) is 4. The van der Waals surface area contributed by atoms with E-state index in [2.05, 4.69) is 24.7 Å². The number of benzene rings is 3. The Bertz CT molecular complexity index is 2010. The van der Waals surface area contributed by atoms with Crippen molar-refractivity contribution in [1.82, 2.24) is 24.9 Å². The fourth-order valence-corrected chi connectivity index (χ4v) is 7.38. The zero-order valence-corrected chi connectivity index (χ0v) is 26.9. The number of para-hydroxylation sites is 1. The Kier molecular flexibility index (Phi) is 7.92. The van der Waals surface area contributed by atoms with Gasteiger partial charge in [-0.15, -0.1) is 0 Å². The number of piperidine rings is 1. The summed E-state index contributed by atoms with van der Waals surface area (Å²) >= 11 is 0. The van der Waals surface area contributed by atoms with Crippen molar-refractivity contribution in [3.05, 3.63) is 94.6 Å². The minimum Gasteiger partial charge on any atom is -0.478 e. The maximum absolute atomic E-state index is 11.6. The summed E-state index contributed by atoms with van der Waals surface area (Å²) in [5.74, 6) is -0.333. The van der Waals surface area contributed by atoms with Gasteiger partial charge in [-0.25, -0.2) is 19.3 Å². The second-order valence-corrected chi connectivity index (χ2v) is 13.1. The van der Waals surface area contributed by atoms with Gasteiger partial charge in [0.2, 0.25) is 0 Å². The molecule has 1 aromatic heterocycles. The molecule has 4 aromatic rings. The molecular formula is C36H38N8O5. The van der Waals surface area contributed by atoms with Crippen molar-refractivity contribution >= 4 is 23.4 Å². The van der Waals surface area contributed by atoms with E-state index in [-0.39, 0.29) is 17.2 Å². The van der Waals surface area contributed by atoms with E-state index in [0.29, 0.717) is 24.6 Å². The third-order valence-electron chi connectivity index (χ3n) is 10.2. The van der Waals surface area contributed by atoms with Crippen LogP contribution in [0, 0.1) is 0 Å². The number of carboxylic acid groups (broad SMARTS) is 2. The number of anilines is 1. The Morgan fingerprint density at radius 3 is 2.16 bits per heavy atom. The zero-order chi connectivity index (χ0) is 33.6. The van der Waals surface area contributed by atoms with Gasteiger partial charge in [0.05, 0.1) is 22.4 Å². The Morgan fingerprint density at radius 1 is 0.796 bits per heavy atom. The molecule has 0 radical (unpaired) electrons. The normalized spacial score (nSPS) is 18.9. The molecular weight excluding hydrogens is 624 g/mol. The molecule has 13 heteroatoms. The number of nitrogens with two attached hydrogens (primary N) is 1. The number of aromatic nitrogens is 2. The number of ether oxygens (including phenoxy) is 1. The van der Waals surface area contributed by atoms with E-state index in [9.17, 15) is 19.8 Å². The standard InChI is InChI=1S/C36H38N8O5/c37-33-31-32(22-6-9-28(10-7-22)49-27-4-2-1-3-5-27)40-44(34(31)39-21-38-33)23-12-14-41(15-13-23)25-17-43(18-25)26-19-42(20-26)24-8-11-29(35(45)46)30(16-24)36(47)48/h1-11,16,23,25-26,38H,12-15,17-21,37H2,(H,45,46)(H,47,48). The molecule has 4 aliphatic rings. The van der Waals surface area contributed by atoms with E-state index >= 15 is 0 Å². The zero-order valence-electron chi connectivity index (χ0n) is 26.9. The van der Waals surface area contributed by atoms with Crippen molar-refractivity contribution in [1.29, 1.82) is 0 Å². The highest BCUT2D eigenvalue weighted by Gasteiger charge is 2.42. The SMILES string of the molecule is NC1=c2c(-c3ccc(Oc4ccccc4)cc3)nn(C3CCN(C4CN(C5CN(c6ccc(C(=O)O)c(C(=O)O)c6)C5)C4)CC3)c2=NCN1. The number of likely N-dealkylation sites (tertiary alicyclic amines) is 2. The molecule has 3 aromatic carbocycles. The van der Waals surface area contributed by atoms with E-state index in [4.69, 9.17) is 20.6 Å². The highest BCUT2D eigenvalue weighted by molar-refractivity contribution is 6.02. The quantitative estimate of drug-likeness (QED) is 0.208. The van der Waals surface area contributed by atoms with Crippen molar-refractivity contribution in [3.63, 3.8) is 0 Å². The van der Waals surface area contributed by atoms with Crippen LogP contribution in [0.15, 0.2) is 77.8 Å². The number of rotatable bonds is 9. The average molecular weight is 663 g/mol. The summed E-state index contributed by atoms with van der Waals surface area (Å²) in [6, 6.07) is 23.3. The van der Waals surface area contributed by atoms with Crippen LogP contribution in [-0.2, 0) is 0 Å². The molecule has 0 amide bonds. The number of carbonyl (C=O) groups is 2. The number of hydrogen-bond acceptors (Lipinski definition) is 10. The first-order valence-corrected chi connectivity index (χ1v) is 16.7. The monoisotopic (exact) mass is 662 g/mol. The number of fused-ring (bicyclic) bond motifs is 1. The van der Waals surface area contributed by atoms with Gasteiger partial charge in [-0.2, -0.15) is 5.10 Å². The van der Waals surface area contributed by atoms with Gasteiger partial charge in [-0.1, -0.05) is 18.2 Å². The van der Waals surface area contributed by atoms with E-state index in [1.54, 1.807) is 6.07 Å². The first kappa shape index (κ1) is 30.9. The smallest absolute Gasteiger partial charge is 0.336 e. The number of carboxylic acids is 2. The molecule has 0 unspecified atom stereocenters. The van der Waals surface area contributed by atoms with Crippen LogP contribution >= 0.6 is 0 Å². The van der Waals surface area contributed by atoms with Crippen LogP contribution < -0.4 is 31.4 Å². The van der Waals surface area contributed by atoms with Crippen molar-refractivity contribution in [2.24, 2.45) is 10.7 Å². The van der Waals surface area contributed by atoms with Gasteiger partial charge in [-0.05, 0) is 67.4 Å². The summed E-state index contributed by atoms with van der Waals surface area (Å²) in [7, 11) is 0. The van der Waals surface area contributed by atoms with Crippen molar-refractivity contribution in [2.75, 3.05) is 50.8 Å². The van der Waals surface area contributed by atoms with E-state index in [0.717, 1.165) is 91.3 Å². The Balaban J connectivity index is 0.881. The van der Waals surface area contributed by atoms with Crippen molar-refractivity contribution < 1.29 is 24.5 Å². The van der Waals surface area contributed by atoms with Gasteiger partial charge < -0.3 is 30.9 Å². The molecule has 5 heterocycles. The predicted molar refractivity (Wildman–Crippen MR) is 182 cm³/mol. The van der Waals surface area contributed by atoms with Gasteiger partial charge in [0.25, 0.3) is 0 Å². The van der Waals surface area contributed by atoms with Crippen LogP contribution in [0.4, 0.5) is 5.69 Å². The lowest BCUT2D eigenvalue weighted by atomic mass is 9.95. The predicted octanol–water partition coefficient (Wildman–Crippen LogP) is 2.15. The average Bonchev–Trinajstić information content (AvgIpc) is 3.47. The molecule has 49 heavy (non-hydrogen) atoms. The van der Waals surface area contributed by atoms with Crippen LogP contribution in [0.5, 0.6) is 11.5 Å². The molecule has 0 aliphatic carbocycles. The van der Waals surface area contributed by atoms with E-state index in [1.165, 1.54) is 12.1 Å². The fourth-order valence-electron chi connectivity index (χ4n) is 7.38. The lowest BCUT2D eigenvalue weighted by Gasteiger charge is -2.55. The lowest BCUT2D eigenvalue weighted by molar-refractivity contribution is -0.0164. The van der Waals surface area contributed by atoms with E-state index < -0.39 is 11.9 Å². The molecule has 0 bridgehead atoms. The summed E-state index contributed by atoms with van der Waals surface area (Å²) in [5, 5.41) is 27.9. The van der Waals surface area contributed by atoms with Gasteiger partial charge in [-0.3, -0.25) is 9.80 Å². The molecule has 3 fully saturated rings. The third-order valence-corrected chi connectivity index (χ3v) is 10.2. The van der Waals surface area contributed by atoms with Gasteiger partial charge in [0.1, 0.15) is 29.7 Å². The maximum atomic E-state index is 11.6. The van der Waals surface area contributed by atoms with Gasteiger partial charge in [0, 0.05) is 62.6 Å². The second kappa shape index (κ2) is 12.6. The number of aromatic carboxylic acids is 2. The summed E-state index contributed by atoms with van der Waals surface area (Å²) in [6.45, 7) is 6.03. The summed E-state index contributed by atoms with van der Waals surface area (Å²) in [6.07, 6.45) is 1.96. The summed E-state index contributed by atoms with van der Waals surface area (Å²) in [4.78, 5) is 35.0. The van der Waals surface area contributed by atoms with Gasteiger partial charge >= 0.3 is 11.9 Å². The molecule has 252 valence electrons. The first-order chi connectivity index (χ1) is 23.8. The minimum absolute atomic E-state index is 0.178. The van der Waals surface area contributed by atoms with Gasteiger partial charge in [0.15, 0.2) is 5.49 Å². The second-order valence-electron chi connectivity index (χ2n) is 13.1. The lowest BCUT2D eigenvalue weighted by Crippen LogP contribution is -2.70. The van der Waals surface area contributed by atoms with E-state index in [1.807, 2.05) is 54.6 Å².